The van der Waals surface area contributed by atoms with E-state index in [4.69, 9.17) is 5.11 Å². The Morgan fingerprint density at radius 1 is 1.11 bits per heavy atom. The van der Waals surface area contributed by atoms with Crippen LogP contribution in [-0.4, -0.2) is 65.5 Å². The van der Waals surface area contributed by atoms with Crippen LogP contribution in [0.1, 0.15) is 19.3 Å². The molecule has 0 saturated carbocycles. The highest BCUT2D eigenvalue weighted by molar-refractivity contribution is 5.81. The van der Waals surface area contributed by atoms with E-state index in [0.29, 0.717) is 13.0 Å². The zero-order chi connectivity index (χ0) is 13.8. The van der Waals surface area contributed by atoms with Crippen molar-refractivity contribution in [3.8, 4) is 0 Å². The number of nitrogens with one attached hydrogen (secondary N) is 1. The number of nitrogens with zero attached hydrogens (tertiary/aromatic N) is 2. The van der Waals surface area contributed by atoms with Crippen molar-refractivity contribution in [3.63, 3.8) is 0 Å². The highest BCUT2D eigenvalue weighted by atomic mass is 16.4. The number of carbonyl (C=O) groups excluding carboxylic acids is 2. The fourth-order valence-electron chi connectivity index (χ4n) is 2.31. The van der Waals surface area contributed by atoms with Crippen molar-refractivity contribution in [1.29, 1.82) is 0 Å². The topological polar surface area (TPSA) is 90.0 Å². The average molecular weight is 269 g/mol. The Labute approximate surface area is 111 Å². The summed E-state index contributed by atoms with van der Waals surface area (Å²) in [5, 5.41) is 11.3. The predicted molar refractivity (Wildman–Crippen MR) is 66.5 cm³/mol. The molecule has 7 heteroatoms. The van der Waals surface area contributed by atoms with Gasteiger partial charge in [0.1, 0.15) is 0 Å². The molecule has 7 nitrogen and oxygen atoms in total. The van der Waals surface area contributed by atoms with E-state index < -0.39 is 11.9 Å². The van der Waals surface area contributed by atoms with Crippen LogP contribution in [-0.2, 0) is 9.59 Å². The Bertz CT molecular complexity index is 373. The third-order valence-electron chi connectivity index (χ3n) is 3.59. The quantitative estimate of drug-likeness (QED) is 0.735. The van der Waals surface area contributed by atoms with Crippen molar-refractivity contribution >= 4 is 17.9 Å². The maximum Gasteiger partial charge on any atom is 0.317 e. The van der Waals surface area contributed by atoms with Crippen LogP contribution in [0.3, 0.4) is 0 Å². The molecule has 0 aromatic heterocycles. The number of hydrogen-bond donors (Lipinski definition) is 2. The van der Waals surface area contributed by atoms with Crippen LogP contribution >= 0.6 is 0 Å². The van der Waals surface area contributed by atoms with E-state index in [0.717, 1.165) is 25.9 Å². The second-order valence-electron chi connectivity index (χ2n) is 5.01. The first kappa shape index (κ1) is 13.6. The molecular weight excluding hydrogens is 250 g/mol. The number of carboxylic acid groups (broad SMARTS) is 1. The van der Waals surface area contributed by atoms with Gasteiger partial charge in [-0.3, -0.25) is 9.59 Å². The molecule has 0 bridgehead atoms. The minimum atomic E-state index is -0.867. The third-order valence-corrected chi connectivity index (χ3v) is 3.59. The maximum atomic E-state index is 11.7. The van der Waals surface area contributed by atoms with Crippen molar-refractivity contribution in [3.05, 3.63) is 0 Å². The molecule has 2 N–H and O–H groups in total. The molecule has 2 saturated heterocycles. The van der Waals surface area contributed by atoms with Crippen LogP contribution in [0.15, 0.2) is 0 Å². The minimum Gasteiger partial charge on any atom is -0.481 e. The summed E-state index contributed by atoms with van der Waals surface area (Å²) >= 11 is 0. The van der Waals surface area contributed by atoms with Gasteiger partial charge in [-0.2, -0.15) is 0 Å². The van der Waals surface area contributed by atoms with Crippen LogP contribution in [0.25, 0.3) is 0 Å². The minimum absolute atomic E-state index is 0.0739. The van der Waals surface area contributed by atoms with Crippen molar-refractivity contribution < 1.29 is 19.5 Å². The largest absolute Gasteiger partial charge is 0.481 e. The fraction of sp³-hybridized carbons (Fsp3) is 0.750. The molecule has 0 spiro atoms. The van der Waals surface area contributed by atoms with E-state index in [1.165, 1.54) is 4.90 Å². The van der Waals surface area contributed by atoms with Gasteiger partial charge in [0.15, 0.2) is 0 Å². The normalized spacial score (nSPS) is 19.2. The summed E-state index contributed by atoms with van der Waals surface area (Å²) in [6.07, 6.45) is 2.42. The van der Waals surface area contributed by atoms with Gasteiger partial charge in [0.05, 0.1) is 5.92 Å². The number of urea groups is 1. The molecule has 0 atom stereocenters. The highest BCUT2D eigenvalue weighted by Gasteiger charge is 2.35. The smallest absolute Gasteiger partial charge is 0.317 e. The number of carbonyl (C=O) groups is 3. The number of rotatable bonds is 4. The second-order valence-corrected chi connectivity index (χ2v) is 5.01. The van der Waals surface area contributed by atoms with Gasteiger partial charge in [-0.15, -0.1) is 0 Å². The molecule has 0 aliphatic carbocycles. The monoisotopic (exact) mass is 269 g/mol. The molecule has 106 valence electrons. The Morgan fingerprint density at radius 3 is 2.32 bits per heavy atom. The van der Waals surface area contributed by atoms with Gasteiger partial charge < -0.3 is 20.2 Å². The lowest BCUT2D eigenvalue weighted by Gasteiger charge is -2.36. The van der Waals surface area contributed by atoms with Gasteiger partial charge in [0.2, 0.25) is 5.91 Å². The summed E-state index contributed by atoms with van der Waals surface area (Å²) in [5.41, 5.74) is 0. The summed E-state index contributed by atoms with van der Waals surface area (Å²) in [7, 11) is 0. The average Bonchev–Trinajstić information content (AvgIpc) is 2.79. The summed E-state index contributed by atoms with van der Waals surface area (Å²) in [6.45, 7) is 2.45. The van der Waals surface area contributed by atoms with E-state index in [1.807, 2.05) is 4.90 Å². The molecule has 3 amide bonds. The maximum absolute atomic E-state index is 11.7. The Kier molecular flexibility index (Phi) is 4.24. The van der Waals surface area contributed by atoms with Gasteiger partial charge in [0, 0.05) is 39.1 Å². The predicted octanol–water partition coefficient (Wildman–Crippen LogP) is -0.275. The molecule has 2 aliphatic heterocycles. The lowest BCUT2D eigenvalue weighted by Crippen LogP contribution is -2.56. The zero-order valence-corrected chi connectivity index (χ0v) is 10.8. The Hall–Kier alpha value is -1.79. The van der Waals surface area contributed by atoms with Crippen LogP contribution in [0.5, 0.6) is 0 Å². The zero-order valence-electron chi connectivity index (χ0n) is 10.8. The fourth-order valence-corrected chi connectivity index (χ4v) is 2.31. The SMILES string of the molecule is O=C(O)C1CN(C(=O)NCCC(=O)N2CCCC2)C1. The molecule has 2 fully saturated rings. The second kappa shape index (κ2) is 5.90. The number of hydrogen-bond acceptors (Lipinski definition) is 3. The summed E-state index contributed by atoms with van der Waals surface area (Å²) in [6, 6.07) is -0.285. The molecule has 0 unspecified atom stereocenters. The van der Waals surface area contributed by atoms with E-state index in [1.54, 1.807) is 0 Å². The van der Waals surface area contributed by atoms with E-state index in [2.05, 4.69) is 5.32 Å². The van der Waals surface area contributed by atoms with Gasteiger partial charge >= 0.3 is 12.0 Å². The van der Waals surface area contributed by atoms with Crippen LogP contribution in [0.4, 0.5) is 4.79 Å². The van der Waals surface area contributed by atoms with Gasteiger partial charge in [0.25, 0.3) is 0 Å². The van der Waals surface area contributed by atoms with E-state index in [9.17, 15) is 14.4 Å². The first-order valence-electron chi connectivity index (χ1n) is 6.61. The number of likely N-dealkylation sites (tertiary alicyclic amines) is 2. The van der Waals surface area contributed by atoms with Crippen molar-refractivity contribution in [1.82, 2.24) is 15.1 Å². The van der Waals surface area contributed by atoms with Gasteiger partial charge in [-0.1, -0.05) is 0 Å². The summed E-state index contributed by atoms with van der Waals surface area (Å²) < 4.78 is 0. The first-order valence-corrected chi connectivity index (χ1v) is 6.61. The van der Waals surface area contributed by atoms with Crippen molar-refractivity contribution in [2.45, 2.75) is 19.3 Å². The third kappa shape index (κ3) is 3.36. The highest BCUT2D eigenvalue weighted by Crippen LogP contribution is 2.15. The van der Waals surface area contributed by atoms with Crippen molar-refractivity contribution in [2.24, 2.45) is 5.92 Å². The van der Waals surface area contributed by atoms with Crippen LogP contribution < -0.4 is 5.32 Å². The number of amides is 3. The molecule has 19 heavy (non-hydrogen) atoms. The molecule has 0 aromatic rings. The molecule has 0 radical (unpaired) electrons. The lowest BCUT2D eigenvalue weighted by molar-refractivity contribution is -0.146. The molecule has 2 aliphatic rings. The van der Waals surface area contributed by atoms with Crippen molar-refractivity contribution in [2.75, 3.05) is 32.7 Å². The number of carboxylic acids is 1. The summed E-state index contributed by atoms with van der Waals surface area (Å²) in [5.74, 6) is -1.24. The Balaban J connectivity index is 1.59. The number of aliphatic carboxylic acids is 1. The first-order chi connectivity index (χ1) is 9.08. The van der Waals surface area contributed by atoms with Gasteiger partial charge in [-0.25, -0.2) is 4.79 Å². The van der Waals surface area contributed by atoms with E-state index in [-0.39, 0.29) is 25.0 Å². The lowest BCUT2D eigenvalue weighted by atomic mass is 10.0. The standard InChI is InChI=1S/C12H19N3O4/c16-10(14-5-1-2-6-14)3-4-13-12(19)15-7-9(8-15)11(17)18/h9H,1-8H2,(H,13,19)(H,17,18). The van der Waals surface area contributed by atoms with Gasteiger partial charge in [-0.05, 0) is 12.8 Å². The summed E-state index contributed by atoms with van der Waals surface area (Å²) in [4.78, 5) is 37.1. The Morgan fingerprint density at radius 2 is 1.74 bits per heavy atom. The molecule has 0 aromatic carbocycles. The molecule has 2 heterocycles. The van der Waals surface area contributed by atoms with E-state index >= 15 is 0 Å². The van der Waals surface area contributed by atoms with Crippen LogP contribution in [0.2, 0.25) is 0 Å². The van der Waals surface area contributed by atoms with Crippen LogP contribution in [0, 0.1) is 5.92 Å². The molecule has 2 rings (SSSR count). The molecular formula is C12H19N3O4.